The van der Waals surface area contributed by atoms with Crippen molar-refractivity contribution >= 4 is 17.9 Å². The van der Waals surface area contributed by atoms with Gasteiger partial charge in [0.2, 0.25) is 17.6 Å². The Morgan fingerprint density at radius 2 is 2.06 bits per heavy atom. The molecule has 0 saturated carbocycles. The predicted octanol–water partition coefficient (Wildman–Crippen LogP) is 2.53. The molecular weight excluding hydrogens is 426 g/mol. The van der Waals surface area contributed by atoms with E-state index < -0.39 is 11.9 Å². The number of rotatable bonds is 10. The van der Waals surface area contributed by atoms with E-state index in [-0.39, 0.29) is 18.4 Å². The molecule has 10 heteroatoms. The highest BCUT2D eigenvalue weighted by Crippen LogP contribution is 2.28. The second-order valence-electron chi connectivity index (χ2n) is 7.43. The first kappa shape index (κ1) is 23.5. The number of carbonyl (C=O) groups is 2. The van der Waals surface area contributed by atoms with Crippen molar-refractivity contribution in [2.45, 2.75) is 19.9 Å². The molecule has 1 atom stereocenters. The van der Waals surface area contributed by atoms with Crippen LogP contribution < -0.4 is 20.5 Å². The van der Waals surface area contributed by atoms with E-state index in [2.05, 4.69) is 20.4 Å². The summed E-state index contributed by atoms with van der Waals surface area (Å²) in [5.74, 6) is 0.578. The molecule has 0 fully saturated rings. The lowest BCUT2D eigenvalue weighted by atomic mass is 10.0. The number of hydrogen-bond acceptors (Lipinski definition) is 8. The van der Waals surface area contributed by atoms with Gasteiger partial charge >= 0.3 is 0 Å². The van der Waals surface area contributed by atoms with Crippen LogP contribution >= 0.6 is 0 Å². The second-order valence-corrected chi connectivity index (χ2v) is 7.43. The molecule has 0 bridgehead atoms. The molecule has 1 unspecified atom stereocenters. The number of ether oxygens (including phenoxy) is 2. The van der Waals surface area contributed by atoms with E-state index in [0.29, 0.717) is 28.8 Å². The summed E-state index contributed by atoms with van der Waals surface area (Å²) in [6.07, 6.45) is 6.32. The highest BCUT2D eigenvalue weighted by atomic mass is 16.5. The number of benzene rings is 1. The maximum absolute atomic E-state index is 12.6. The molecule has 172 valence electrons. The summed E-state index contributed by atoms with van der Waals surface area (Å²) < 4.78 is 16.0. The number of nitrogens with one attached hydrogen (secondary N) is 1. The van der Waals surface area contributed by atoms with Gasteiger partial charge in [0.1, 0.15) is 6.04 Å². The first-order valence-corrected chi connectivity index (χ1v) is 10.2. The zero-order valence-corrected chi connectivity index (χ0v) is 18.5. The molecule has 0 aliphatic rings. The van der Waals surface area contributed by atoms with Gasteiger partial charge in [0.25, 0.3) is 5.91 Å². The van der Waals surface area contributed by atoms with Crippen molar-refractivity contribution in [1.29, 1.82) is 0 Å². The van der Waals surface area contributed by atoms with Crippen LogP contribution in [0.25, 0.3) is 17.5 Å². The Balaban J connectivity index is 1.69. The van der Waals surface area contributed by atoms with Gasteiger partial charge in [-0.25, -0.2) is 0 Å². The van der Waals surface area contributed by atoms with Gasteiger partial charge in [-0.1, -0.05) is 25.1 Å². The third-order valence-electron chi connectivity index (χ3n) is 4.58. The summed E-state index contributed by atoms with van der Waals surface area (Å²) in [6, 6.07) is 8.17. The third kappa shape index (κ3) is 6.39. The Kier molecular flexibility index (Phi) is 7.74. The minimum Gasteiger partial charge on any atom is -0.493 e. The minimum absolute atomic E-state index is 0.00586. The maximum Gasteiger partial charge on any atom is 0.255 e. The molecule has 0 saturated heterocycles. The number of amides is 2. The van der Waals surface area contributed by atoms with Gasteiger partial charge < -0.3 is 25.0 Å². The largest absolute Gasteiger partial charge is 0.493 e. The van der Waals surface area contributed by atoms with Crippen LogP contribution in [0.5, 0.6) is 11.5 Å². The quantitative estimate of drug-likeness (QED) is 0.448. The van der Waals surface area contributed by atoms with Crippen molar-refractivity contribution in [1.82, 2.24) is 20.4 Å². The highest BCUT2D eigenvalue weighted by Gasteiger charge is 2.24. The van der Waals surface area contributed by atoms with Crippen LogP contribution in [0.2, 0.25) is 0 Å². The SMILES string of the molecule is COc1cc(/C=C/C(=O)NC(c2nc(-c3cccnc3)no2)C(C)C)ccc1OCC(N)=O. The lowest BCUT2D eigenvalue weighted by molar-refractivity contribution is -0.120. The van der Waals surface area contributed by atoms with Crippen LogP contribution in [0.1, 0.15) is 31.3 Å². The lowest BCUT2D eigenvalue weighted by Crippen LogP contribution is -2.30. The molecular formula is C23H25N5O5. The van der Waals surface area contributed by atoms with Gasteiger partial charge in [-0.15, -0.1) is 0 Å². The molecule has 3 aromatic rings. The predicted molar refractivity (Wildman–Crippen MR) is 120 cm³/mol. The molecule has 0 spiro atoms. The summed E-state index contributed by atoms with van der Waals surface area (Å²) in [5.41, 5.74) is 6.52. The molecule has 0 aliphatic heterocycles. The van der Waals surface area contributed by atoms with Crippen molar-refractivity contribution in [3.05, 3.63) is 60.3 Å². The van der Waals surface area contributed by atoms with Crippen molar-refractivity contribution in [3.8, 4) is 22.9 Å². The fourth-order valence-electron chi connectivity index (χ4n) is 2.92. The molecule has 3 N–H and O–H groups in total. The number of hydrogen-bond donors (Lipinski definition) is 2. The summed E-state index contributed by atoms with van der Waals surface area (Å²) in [6.45, 7) is 3.62. The van der Waals surface area contributed by atoms with Gasteiger partial charge in [0.05, 0.1) is 7.11 Å². The molecule has 1 aromatic carbocycles. The van der Waals surface area contributed by atoms with E-state index in [1.165, 1.54) is 13.2 Å². The number of nitrogens with two attached hydrogens (primary N) is 1. The van der Waals surface area contributed by atoms with Crippen LogP contribution in [-0.2, 0) is 9.59 Å². The zero-order valence-electron chi connectivity index (χ0n) is 18.5. The van der Waals surface area contributed by atoms with Crippen LogP contribution in [0.3, 0.4) is 0 Å². The monoisotopic (exact) mass is 451 g/mol. The molecule has 2 amide bonds. The number of primary amides is 1. The number of nitrogens with zero attached hydrogens (tertiary/aromatic N) is 3. The van der Waals surface area contributed by atoms with E-state index >= 15 is 0 Å². The number of methoxy groups -OCH3 is 1. The van der Waals surface area contributed by atoms with Crippen LogP contribution in [0, 0.1) is 5.92 Å². The standard InChI is InChI=1S/C23H25N5O5/c1-14(2)21(23-27-22(28-33-23)16-5-4-10-25-12-16)26-20(30)9-7-15-6-8-17(18(11-15)31-3)32-13-19(24)29/h4-12,14,21H,13H2,1-3H3,(H2,24,29)(H,26,30)/b9-7+. The Morgan fingerprint density at radius 3 is 2.73 bits per heavy atom. The molecule has 2 heterocycles. The summed E-state index contributed by atoms with van der Waals surface area (Å²) in [7, 11) is 1.48. The zero-order chi connectivity index (χ0) is 23.8. The summed E-state index contributed by atoms with van der Waals surface area (Å²) >= 11 is 0. The van der Waals surface area contributed by atoms with Crippen LogP contribution in [0.15, 0.2) is 53.3 Å². The Morgan fingerprint density at radius 1 is 1.24 bits per heavy atom. The Bertz CT molecular complexity index is 1130. The van der Waals surface area contributed by atoms with E-state index in [9.17, 15) is 9.59 Å². The fourth-order valence-corrected chi connectivity index (χ4v) is 2.92. The van der Waals surface area contributed by atoms with Gasteiger partial charge in [0.15, 0.2) is 18.1 Å². The van der Waals surface area contributed by atoms with Gasteiger partial charge in [-0.2, -0.15) is 4.98 Å². The van der Waals surface area contributed by atoms with E-state index in [1.807, 2.05) is 19.9 Å². The van der Waals surface area contributed by atoms with Crippen LogP contribution in [0.4, 0.5) is 0 Å². The highest BCUT2D eigenvalue weighted by molar-refractivity contribution is 5.92. The lowest BCUT2D eigenvalue weighted by Gasteiger charge is -2.17. The second kappa shape index (κ2) is 10.9. The molecule has 33 heavy (non-hydrogen) atoms. The number of pyridine rings is 1. The number of aromatic nitrogens is 3. The fraction of sp³-hybridized carbons (Fsp3) is 0.261. The van der Waals surface area contributed by atoms with Crippen molar-refractivity contribution in [2.75, 3.05) is 13.7 Å². The molecule has 0 radical (unpaired) electrons. The average molecular weight is 451 g/mol. The Labute approximate surface area is 190 Å². The van der Waals surface area contributed by atoms with E-state index in [0.717, 1.165) is 5.56 Å². The summed E-state index contributed by atoms with van der Waals surface area (Å²) in [5, 5.41) is 6.89. The molecule has 2 aromatic heterocycles. The smallest absolute Gasteiger partial charge is 0.255 e. The normalized spacial score (nSPS) is 12.0. The minimum atomic E-state index is -0.591. The van der Waals surface area contributed by atoms with E-state index in [1.54, 1.807) is 42.7 Å². The van der Waals surface area contributed by atoms with E-state index in [4.69, 9.17) is 19.7 Å². The number of carbonyl (C=O) groups excluding carboxylic acids is 2. The molecule has 0 aliphatic carbocycles. The van der Waals surface area contributed by atoms with Gasteiger partial charge in [-0.05, 0) is 41.8 Å². The molecule has 10 nitrogen and oxygen atoms in total. The topological polar surface area (TPSA) is 142 Å². The third-order valence-corrected chi connectivity index (χ3v) is 4.58. The average Bonchev–Trinajstić information content (AvgIpc) is 3.30. The molecule has 3 rings (SSSR count). The first-order valence-electron chi connectivity index (χ1n) is 10.2. The van der Waals surface area contributed by atoms with Crippen LogP contribution in [-0.4, -0.2) is 40.7 Å². The van der Waals surface area contributed by atoms with Crippen molar-refractivity contribution in [2.24, 2.45) is 11.7 Å². The van der Waals surface area contributed by atoms with Crippen molar-refractivity contribution < 1.29 is 23.6 Å². The maximum atomic E-state index is 12.6. The first-order chi connectivity index (χ1) is 15.9. The summed E-state index contributed by atoms with van der Waals surface area (Å²) in [4.78, 5) is 32.0. The van der Waals surface area contributed by atoms with Crippen molar-refractivity contribution in [3.63, 3.8) is 0 Å². The Hall–Kier alpha value is -4.21. The van der Waals surface area contributed by atoms with Gasteiger partial charge in [0, 0.05) is 24.0 Å². The van der Waals surface area contributed by atoms with Gasteiger partial charge in [-0.3, -0.25) is 14.6 Å².